The first kappa shape index (κ1) is 13.2. The Labute approximate surface area is 112 Å². The molecule has 2 aromatic rings. The van der Waals surface area contributed by atoms with E-state index < -0.39 is 0 Å². The molecule has 1 aromatic heterocycles. The van der Waals surface area contributed by atoms with Crippen LogP contribution in [0.5, 0.6) is 0 Å². The minimum absolute atomic E-state index is 0.00378. The summed E-state index contributed by atoms with van der Waals surface area (Å²) in [6, 6.07) is 7.81. The van der Waals surface area contributed by atoms with Crippen molar-refractivity contribution in [3.63, 3.8) is 0 Å². The van der Waals surface area contributed by atoms with Gasteiger partial charge in [0.05, 0.1) is 13.1 Å². The average molecular weight is 255 g/mol. The Morgan fingerprint density at radius 2 is 1.95 bits per heavy atom. The van der Waals surface area contributed by atoms with Crippen molar-refractivity contribution in [3.05, 3.63) is 58.3 Å². The maximum absolute atomic E-state index is 12.0. The van der Waals surface area contributed by atoms with Crippen LogP contribution in [-0.4, -0.2) is 15.7 Å². The third kappa shape index (κ3) is 2.95. The van der Waals surface area contributed by atoms with E-state index in [2.05, 4.69) is 11.8 Å². The van der Waals surface area contributed by atoms with Crippen LogP contribution >= 0.6 is 0 Å². The number of imidazole rings is 1. The molecule has 19 heavy (non-hydrogen) atoms. The normalized spacial score (nSPS) is 10.0. The van der Waals surface area contributed by atoms with Gasteiger partial charge < -0.3 is 5.73 Å². The van der Waals surface area contributed by atoms with Crippen molar-refractivity contribution < 1.29 is 0 Å². The summed E-state index contributed by atoms with van der Waals surface area (Å²) in [6.07, 6.45) is 3.61. The summed E-state index contributed by atoms with van der Waals surface area (Å²) in [5.41, 5.74) is 7.34. The SMILES string of the molecule is CCn1ccn(Cc2ccccc2C#CCN)c1=O. The molecule has 0 saturated carbocycles. The second-order valence-electron chi connectivity index (χ2n) is 4.16. The molecule has 0 saturated heterocycles. The van der Waals surface area contributed by atoms with Gasteiger partial charge in [0.15, 0.2) is 0 Å². The maximum atomic E-state index is 12.0. The lowest BCUT2D eigenvalue weighted by atomic mass is 10.1. The average Bonchev–Trinajstić information content (AvgIpc) is 2.79. The summed E-state index contributed by atoms with van der Waals surface area (Å²) in [7, 11) is 0. The molecule has 1 aromatic carbocycles. The van der Waals surface area contributed by atoms with Crippen LogP contribution < -0.4 is 11.4 Å². The highest BCUT2D eigenvalue weighted by Crippen LogP contribution is 2.08. The van der Waals surface area contributed by atoms with Gasteiger partial charge in [-0.25, -0.2) is 4.79 Å². The van der Waals surface area contributed by atoms with Crippen molar-refractivity contribution in [1.29, 1.82) is 0 Å². The van der Waals surface area contributed by atoms with Gasteiger partial charge in [-0.1, -0.05) is 30.0 Å². The maximum Gasteiger partial charge on any atom is 0.328 e. The predicted molar refractivity (Wildman–Crippen MR) is 75.8 cm³/mol. The summed E-state index contributed by atoms with van der Waals surface area (Å²) in [6.45, 7) is 3.49. The van der Waals surface area contributed by atoms with Crippen molar-refractivity contribution in [2.24, 2.45) is 5.73 Å². The van der Waals surface area contributed by atoms with Gasteiger partial charge in [0.1, 0.15) is 0 Å². The molecule has 98 valence electrons. The molecule has 4 nitrogen and oxygen atoms in total. The fourth-order valence-corrected chi connectivity index (χ4v) is 1.92. The number of benzene rings is 1. The first-order valence-electron chi connectivity index (χ1n) is 6.28. The van der Waals surface area contributed by atoms with Crippen LogP contribution in [0.15, 0.2) is 41.5 Å². The third-order valence-corrected chi connectivity index (χ3v) is 2.94. The van der Waals surface area contributed by atoms with Crippen LogP contribution in [0.3, 0.4) is 0 Å². The standard InChI is InChI=1S/C15H17N3O/c1-2-17-10-11-18(15(17)19)12-14-7-4-3-6-13(14)8-5-9-16/h3-4,6-7,10-11H,2,9,12,16H2,1H3. The molecular formula is C15H17N3O. The lowest BCUT2D eigenvalue weighted by Crippen LogP contribution is -2.24. The molecule has 0 spiro atoms. The van der Waals surface area contributed by atoms with Crippen LogP contribution in [0.1, 0.15) is 18.1 Å². The van der Waals surface area contributed by atoms with Crippen molar-refractivity contribution in [1.82, 2.24) is 9.13 Å². The molecule has 0 aliphatic rings. The Bertz CT molecular complexity index is 670. The van der Waals surface area contributed by atoms with Crippen LogP contribution in [0, 0.1) is 11.8 Å². The lowest BCUT2D eigenvalue weighted by Gasteiger charge is -2.05. The van der Waals surface area contributed by atoms with E-state index in [1.165, 1.54) is 0 Å². The molecule has 0 radical (unpaired) electrons. The topological polar surface area (TPSA) is 52.9 Å². The molecule has 4 heteroatoms. The van der Waals surface area contributed by atoms with Gasteiger partial charge in [0.2, 0.25) is 0 Å². The number of nitrogens with zero attached hydrogens (tertiary/aromatic N) is 2. The highest BCUT2D eigenvalue weighted by Gasteiger charge is 2.04. The van der Waals surface area contributed by atoms with Gasteiger partial charge in [-0.2, -0.15) is 0 Å². The van der Waals surface area contributed by atoms with E-state index in [1.807, 2.05) is 31.2 Å². The number of hydrogen-bond donors (Lipinski definition) is 1. The van der Waals surface area contributed by atoms with Gasteiger partial charge in [-0.05, 0) is 18.6 Å². The number of aryl methyl sites for hydroxylation is 1. The molecule has 0 aliphatic carbocycles. The molecule has 0 amide bonds. The zero-order valence-electron chi connectivity index (χ0n) is 11.0. The van der Waals surface area contributed by atoms with Crippen molar-refractivity contribution in [2.75, 3.05) is 6.54 Å². The predicted octanol–water partition coefficient (Wildman–Crippen LogP) is 1.03. The molecule has 2 N–H and O–H groups in total. The molecule has 0 atom stereocenters. The van der Waals surface area contributed by atoms with Gasteiger partial charge >= 0.3 is 5.69 Å². The van der Waals surface area contributed by atoms with Crippen LogP contribution in [0.25, 0.3) is 0 Å². The Morgan fingerprint density at radius 3 is 2.63 bits per heavy atom. The lowest BCUT2D eigenvalue weighted by molar-refractivity contribution is 0.668. The summed E-state index contributed by atoms with van der Waals surface area (Å²) in [4.78, 5) is 12.0. The van der Waals surface area contributed by atoms with Gasteiger partial charge in [-0.15, -0.1) is 0 Å². The second-order valence-corrected chi connectivity index (χ2v) is 4.16. The van der Waals surface area contributed by atoms with Crippen LogP contribution in [0.4, 0.5) is 0 Å². The summed E-state index contributed by atoms with van der Waals surface area (Å²) >= 11 is 0. The Kier molecular flexibility index (Phi) is 4.22. The molecule has 0 bridgehead atoms. The number of nitrogens with two attached hydrogens (primary N) is 1. The van der Waals surface area contributed by atoms with E-state index in [0.717, 1.165) is 11.1 Å². The minimum Gasteiger partial charge on any atom is -0.320 e. The van der Waals surface area contributed by atoms with Crippen molar-refractivity contribution >= 4 is 0 Å². The first-order valence-corrected chi connectivity index (χ1v) is 6.28. The van der Waals surface area contributed by atoms with E-state index in [0.29, 0.717) is 19.6 Å². The first-order chi connectivity index (χ1) is 9.26. The Balaban J connectivity index is 2.33. The van der Waals surface area contributed by atoms with E-state index in [-0.39, 0.29) is 5.69 Å². The van der Waals surface area contributed by atoms with Crippen LogP contribution in [0.2, 0.25) is 0 Å². The van der Waals surface area contributed by atoms with Crippen LogP contribution in [-0.2, 0) is 13.1 Å². The van der Waals surface area contributed by atoms with E-state index in [1.54, 1.807) is 21.5 Å². The summed E-state index contributed by atoms with van der Waals surface area (Å²) < 4.78 is 3.36. The van der Waals surface area contributed by atoms with E-state index in [4.69, 9.17) is 5.73 Å². The van der Waals surface area contributed by atoms with Gasteiger partial charge in [0.25, 0.3) is 0 Å². The fourth-order valence-electron chi connectivity index (χ4n) is 1.92. The smallest absolute Gasteiger partial charge is 0.320 e. The summed E-state index contributed by atoms with van der Waals surface area (Å²) in [5, 5.41) is 0. The highest BCUT2D eigenvalue weighted by atomic mass is 16.1. The van der Waals surface area contributed by atoms with E-state index >= 15 is 0 Å². The zero-order chi connectivity index (χ0) is 13.7. The monoisotopic (exact) mass is 255 g/mol. The summed E-state index contributed by atoms with van der Waals surface area (Å²) in [5.74, 6) is 5.88. The quantitative estimate of drug-likeness (QED) is 0.833. The number of hydrogen-bond acceptors (Lipinski definition) is 2. The molecule has 0 unspecified atom stereocenters. The second kappa shape index (κ2) is 6.07. The molecule has 2 rings (SSSR count). The molecular weight excluding hydrogens is 238 g/mol. The van der Waals surface area contributed by atoms with Crippen molar-refractivity contribution in [2.45, 2.75) is 20.0 Å². The number of aromatic nitrogens is 2. The third-order valence-electron chi connectivity index (χ3n) is 2.94. The highest BCUT2D eigenvalue weighted by molar-refractivity contribution is 5.41. The molecule has 0 fully saturated rings. The Hall–Kier alpha value is -2.25. The zero-order valence-corrected chi connectivity index (χ0v) is 11.0. The number of rotatable bonds is 3. The minimum atomic E-state index is 0.00378. The fraction of sp³-hybridized carbons (Fsp3) is 0.267. The molecule has 1 heterocycles. The van der Waals surface area contributed by atoms with Gasteiger partial charge in [0, 0.05) is 24.5 Å². The van der Waals surface area contributed by atoms with Crippen molar-refractivity contribution in [3.8, 4) is 11.8 Å². The molecule has 0 aliphatic heterocycles. The van der Waals surface area contributed by atoms with E-state index in [9.17, 15) is 4.79 Å². The Morgan fingerprint density at radius 1 is 1.21 bits per heavy atom. The largest absolute Gasteiger partial charge is 0.328 e. The van der Waals surface area contributed by atoms with Gasteiger partial charge in [-0.3, -0.25) is 9.13 Å².